The average Bonchev–Trinajstić information content (AvgIpc) is 1.66. The summed E-state index contributed by atoms with van der Waals surface area (Å²) in [5.41, 5.74) is 19.7. The lowest BCUT2D eigenvalue weighted by molar-refractivity contribution is -0.349. The molecule has 15 aromatic rings. The van der Waals surface area contributed by atoms with Crippen LogP contribution in [-0.4, -0.2) is 87.4 Å². The molecule has 0 fully saturated rings. The van der Waals surface area contributed by atoms with Crippen LogP contribution in [0.3, 0.4) is 0 Å². The van der Waals surface area contributed by atoms with E-state index >= 15 is 0 Å². The van der Waals surface area contributed by atoms with E-state index in [2.05, 4.69) is 159 Å². The fourth-order valence-corrected chi connectivity index (χ4v) is 9.75. The summed E-state index contributed by atoms with van der Waals surface area (Å²) in [4.78, 5) is 60.7. The molecule has 17 heteroatoms. The minimum Gasteiger partial charge on any atom is -0.441 e. The van der Waals surface area contributed by atoms with Gasteiger partial charge in [-0.15, -0.1) is 0 Å². The molecule has 0 aliphatic heterocycles. The molecule has 0 radical (unpaired) electrons. The van der Waals surface area contributed by atoms with Crippen LogP contribution < -0.4 is 4.98 Å². The maximum absolute atomic E-state index is 9.63. The summed E-state index contributed by atoms with van der Waals surface area (Å²) < 4.78 is 34.5. The average molecular weight is 1590 g/mol. The highest BCUT2D eigenvalue weighted by Gasteiger charge is 2.19. The summed E-state index contributed by atoms with van der Waals surface area (Å²) in [6, 6.07) is 96.0. The van der Waals surface area contributed by atoms with Crippen molar-refractivity contribution in [3.8, 4) is 90.3 Å². The van der Waals surface area contributed by atoms with Gasteiger partial charge in [0.25, 0.3) is 5.82 Å². The summed E-state index contributed by atoms with van der Waals surface area (Å²) in [6.07, 6.45) is 3.57. The quantitative estimate of drug-likeness (QED) is 0.129. The number of fused-ring (bicyclic) bond motifs is 2. The van der Waals surface area contributed by atoms with Crippen molar-refractivity contribution in [3.63, 3.8) is 0 Å². The number of oxazole rings is 2. The van der Waals surface area contributed by atoms with Crippen molar-refractivity contribution in [2.75, 3.05) is 26.7 Å². The molecule has 0 aliphatic carbocycles. The largest absolute Gasteiger partial charge is 0.441 e. The van der Waals surface area contributed by atoms with Gasteiger partial charge in [-0.2, -0.15) is 0 Å². The van der Waals surface area contributed by atoms with Crippen LogP contribution >= 0.6 is 0 Å². The zero-order valence-corrected chi connectivity index (χ0v) is 73.6. The minimum absolute atomic E-state index is 0.167. The third-order valence-corrected chi connectivity index (χ3v) is 13.9. The molecule has 16 nitrogen and oxygen atoms in total. The van der Waals surface area contributed by atoms with E-state index in [1.54, 1.807) is 14.2 Å². The predicted molar refractivity (Wildman–Crippen MR) is 489 cm³/mol. The lowest BCUT2D eigenvalue weighted by Crippen LogP contribution is -2.05. The van der Waals surface area contributed by atoms with Gasteiger partial charge in [-0.05, 0) is 96.0 Å². The first kappa shape index (κ1) is 102. The molecule has 4 N–H and O–H groups in total. The van der Waals surface area contributed by atoms with Crippen LogP contribution in [0.4, 0.5) is 0 Å². The van der Waals surface area contributed by atoms with Crippen LogP contribution in [0.5, 0.6) is 0 Å². The number of H-pyrrole nitrogens is 4. The molecule has 15 rings (SSSR count). The van der Waals surface area contributed by atoms with E-state index in [0.29, 0.717) is 11.8 Å². The Hall–Kier alpha value is -12.3. The lowest BCUT2D eigenvalue weighted by atomic mass is 10.0. The number of ether oxygens (including phenoxy) is 1. The van der Waals surface area contributed by atoms with E-state index in [1.165, 1.54) is 53.5 Å². The first-order valence-electron chi connectivity index (χ1n) is 39.2. The number of aromatic amines is 4. The highest BCUT2D eigenvalue weighted by Crippen LogP contribution is 2.34. The summed E-state index contributed by atoms with van der Waals surface area (Å²) in [5, 5.41) is 0. The van der Waals surface area contributed by atoms with Crippen molar-refractivity contribution in [3.05, 3.63) is 308 Å². The predicted octanol–water partition coefficient (Wildman–Crippen LogP) is 26.1. The Bertz CT molecular complexity index is 4790. The fraction of sp³-hybridized carbons (Fsp3) is 0.253. The highest BCUT2D eigenvalue weighted by atomic mass is 32.2. The topological polar surface area (TPSA) is 234 Å². The number of Topliss-reactive ketones (excluding diaryl/α,β-unsaturated/α-hetero) is 3. The van der Waals surface area contributed by atoms with Gasteiger partial charge in [0.15, 0.2) is 28.6 Å². The van der Waals surface area contributed by atoms with E-state index in [9.17, 15) is 22.8 Å². The third-order valence-electron chi connectivity index (χ3n) is 13.9. The minimum atomic E-state index is -2.67. The Morgan fingerprint density at radius 2 is 0.612 bits per heavy atom. The van der Waals surface area contributed by atoms with Gasteiger partial charge < -0.3 is 37.9 Å². The van der Waals surface area contributed by atoms with Gasteiger partial charge in [-0.1, -0.05) is 324 Å². The first-order chi connectivity index (χ1) is 55.8. The SMILES string of the molecule is CC.CC.CC.CC.CC(C)=O.CC(C)=O.CC(C)=O.CCC.COC.CS(C)(=O)=O.Cc1[nH]c(-c2ccc(-c3[nH]c(C)c(-c4ccccc4)[nH+]3)cc2)nc1-c1ccccc1.Cc1nc2cc(-c3ccc4oc(C)nc4c3)ccc2o1.c1ccc(-c2nc(-c3ccccc3)c(-c3ccccc3)[nH]2)cc1.c1ccccc1.c1ccccc1. The molecule has 116 heavy (non-hydrogen) atoms. The second kappa shape index (κ2) is 59.4. The Balaban J connectivity index is 0.000000702. The van der Waals surface area contributed by atoms with Crippen LogP contribution in [0.15, 0.2) is 294 Å². The molecule has 0 spiro atoms. The van der Waals surface area contributed by atoms with Crippen molar-refractivity contribution >= 4 is 49.4 Å². The molecule has 0 unspecified atom stereocenters. The number of methoxy groups -OCH3 is 1. The molecule has 10 aromatic carbocycles. The molecule has 0 aliphatic rings. The van der Waals surface area contributed by atoms with Gasteiger partial charge in [0.2, 0.25) is 0 Å². The second-order valence-corrected chi connectivity index (χ2v) is 27.3. The first-order valence-corrected chi connectivity index (χ1v) is 41.5. The van der Waals surface area contributed by atoms with Gasteiger partial charge in [0.05, 0.1) is 22.6 Å². The Morgan fingerprint density at radius 3 is 0.957 bits per heavy atom. The van der Waals surface area contributed by atoms with Crippen molar-refractivity contribution in [2.45, 2.75) is 145 Å². The number of nitrogens with one attached hydrogen (secondary N) is 4. The molecule has 0 bridgehead atoms. The summed E-state index contributed by atoms with van der Waals surface area (Å²) in [6.45, 7) is 37.3. The molecule has 5 aromatic heterocycles. The number of hydrogen-bond acceptors (Lipinski definition) is 12. The number of benzene rings is 10. The Labute approximate surface area is 691 Å². The summed E-state index contributed by atoms with van der Waals surface area (Å²) in [5.74, 6) is 4.63. The van der Waals surface area contributed by atoms with Crippen molar-refractivity contribution in [1.82, 2.24) is 34.9 Å². The van der Waals surface area contributed by atoms with Crippen molar-refractivity contribution in [1.29, 1.82) is 0 Å². The molecular weight excluding hydrogens is 1460 g/mol. The maximum Gasteiger partial charge on any atom is 0.285 e. The van der Waals surface area contributed by atoms with Crippen molar-refractivity contribution in [2.24, 2.45) is 0 Å². The summed E-state index contributed by atoms with van der Waals surface area (Å²) in [7, 11) is 0.583. The van der Waals surface area contributed by atoms with Gasteiger partial charge in [0.1, 0.15) is 55.6 Å². The zero-order chi connectivity index (χ0) is 86.8. The number of carbonyl (C=O) groups excluding carboxylic acids is 3. The number of nitrogens with zero attached hydrogens (tertiary/aromatic N) is 4. The molecule has 5 heterocycles. The van der Waals surface area contributed by atoms with Gasteiger partial charge in [-0.3, -0.25) is 0 Å². The standard InChI is InChI=1S/C26H22N4.C21H16N2.C16H12N2O2.2C6H6.3C3H6O.C3H8.C2H6O2S.C2H6O.4C2H6/c1-17-23(19-9-5-3-6-10-19)29-25(27-17)21-13-15-22(16-14-21)26-28-18(2)24(30-26)20-11-7-4-8-12-20;1-4-10-16(11-5-1)19-20(17-12-6-2-7-13-17)23-21(22-19)18-14-8-3-9-15-18;1-9-17-13-7-11(3-5-15(13)19-9)12-4-6-16-14(8-12)18-10(2)20-16;2*1-2-4-6-5-3-1;3*1-3(2)4;1-3-2;1-5(2,3)4;1-3-2;4*1-2/h3-16H,1-2H3,(H,27,29)(H,28,30);1-15H,(H,22,23);3-8H,1-2H3;2*1-6H;3*1-2H3;3H2,1-2H3;1-2H3;1-2H3;4*1-2H3/p+1. The van der Waals surface area contributed by atoms with Gasteiger partial charge in [-0.25, -0.2) is 38.3 Å². The number of sulfone groups is 1. The summed E-state index contributed by atoms with van der Waals surface area (Å²) >= 11 is 0. The number of aromatic nitrogens is 8. The number of imidazole rings is 3. The number of aryl methyl sites for hydroxylation is 4. The van der Waals surface area contributed by atoms with Crippen LogP contribution in [0.25, 0.3) is 113 Å². The van der Waals surface area contributed by atoms with E-state index in [0.717, 1.165) is 131 Å². The number of carbonyl (C=O) groups is 3. The van der Waals surface area contributed by atoms with Gasteiger partial charge in [0, 0.05) is 86.6 Å². The second-order valence-electron chi connectivity index (χ2n) is 25.0. The number of ketones is 3. The molecule has 0 saturated carbocycles. The van der Waals surface area contributed by atoms with Crippen LogP contribution in [0.2, 0.25) is 0 Å². The highest BCUT2D eigenvalue weighted by molar-refractivity contribution is 7.89. The van der Waals surface area contributed by atoms with Crippen LogP contribution in [0.1, 0.15) is 140 Å². The van der Waals surface area contributed by atoms with Crippen LogP contribution in [-0.2, 0) is 29.0 Å². The smallest absolute Gasteiger partial charge is 0.285 e. The Morgan fingerprint density at radius 1 is 0.353 bits per heavy atom. The maximum atomic E-state index is 9.63. The normalized spacial score (nSPS) is 9.45. The van der Waals surface area contributed by atoms with E-state index in [4.69, 9.17) is 18.8 Å². The monoisotopic (exact) mass is 1590 g/mol. The van der Waals surface area contributed by atoms with Crippen molar-refractivity contribution < 1.29 is 41.4 Å². The molecular formula is C99H125N8O8S+. The lowest BCUT2D eigenvalue weighted by Gasteiger charge is -2.02. The fourth-order valence-electron chi connectivity index (χ4n) is 9.75. The number of rotatable bonds is 8. The van der Waals surface area contributed by atoms with E-state index in [1.807, 2.05) is 257 Å². The number of hydrogen-bond donors (Lipinski definition) is 3. The van der Waals surface area contributed by atoms with Crippen LogP contribution in [0, 0.1) is 27.7 Å². The van der Waals surface area contributed by atoms with E-state index < -0.39 is 9.84 Å². The van der Waals surface area contributed by atoms with E-state index in [-0.39, 0.29) is 17.3 Å². The zero-order valence-electron chi connectivity index (χ0n) is 72.8. The Kier molecular flexibility index (Phi) is 52.1. The molecule has 0 amide bonds. The van der Waals surface area contributed by atoms with Gasteiger partial charge >= 0.3 is 0 Å². The molecule has 0 saturated heterocycles. The third kappa shape index (κ3) is 40.4. The molecule has 614 valence electrons. The molecule has 0 atom stereocenters.